The second kappa shape index (κ2) is 14.0. The lowest BCUT2D eigenvalue weighted by Crippen LogP contribution is -2.44. The van der Waals surface area contributed by atoms with E-state index >= 15 is 0 Å². The van der Waals surface area contributed by atoms with Gasteiger partial charge >= 0.3 is 5.97 Å². The van der Waals surface area contributed by atoms with Crippen molar-refractivity contribution in [1.82, 2.24) is 10.2 Å². The van der Waals surface area contributed by atoms with Crippen LogP contribution in [0.25, 0.3) is 0 Å². The van der Waals surface area contributed by atoms with Crippen LogP contribution in [0, 0.1) is 12.1 Å². The van der Waals surface area contributed by atoms with E-state index < -0.39 is 6.04 Å². The number of likely N-dealkylation sites (N-methyl/N-ethyl adjacent to an activating group) is 2. The smallest absolute Gasteiger partial charge is 0.328 e. The van der Waals surface area contributed by atoms with Crippen LogP contribution in [0.4, 0.5) is 0 Å². The Morgan fingerprint density at radius 3 is 2.64 bits per heavy atom. The molecule has 0 aromatic heterocycles. The third-order valence-corrected chi connectivity index (χ3v) is 4.50. The second-order valence-electron chi connectivity index (χ2n) is 6.74. The lowest BCUT2D eigenvalue weighted by atomic mass is 10.0. The number of esters is 1. The maximum absolute atomic E-state index is 13.3. The van der Waals surface area contributed by atoms with Gasteiger partial charge in [-0.2, -0.15) is 0 Å². The van der Waals surface area contributed by atoms with Gasteiger partial charge in [-0.25, -0.2) is 4.79 Å². The van der Waals surface area contributed by atoms with Crippen LogP contribution < -0.4 is 5.32 Å². The molecule has 0 saturated heterocycles. The molecule has 1 N–H and O–H groups in total. The van der Waals surface area contributed by atoms with Crippen LogP contribution in [0.5, 0.6) is 0 Å². The van der Waals surface area contributed by atoms with Gasteiger partial charge in [0, 0.05) is 18.7 Å². The van der Waals surface area contributed by atoms with E-state index in [1.165, 1.54) is 0 Å². The number of carbonyl (C=O) groups is 1. The molecule has 1 aromatic rings. The van der Waals surface area contributed by atoms with E-state index in [0.717, 1.165) is 43.6 Å². The Balaban J connectivity index is 3.08. The van der Waals surface area contributed by atoms with Gasteiger partial charge in [-0.15, -0.1) is 0 Å². The van der Waals surface area contributed by atoms with Gasteiger partial charge < -0.3 is 10.1 Å². The molecule has 0 radical (unpaired) electrons. The van der Waals surface area contributed by atoms with Crippen molar-refractivity contribution in [3.05, 3.63) is 59.7 Å². The van der Waals surface area contributed by atoms with E-state index in [9.17, 15) is 4.79 Å². The molecule has 0 bridgehead atoms. The van der Waals surface area contributed by atoms with Crippen LogP contribution in [0.3, 0.4) is 0 Å². The monoisotopic (exact) mass is 384 g/mol. The first-order valence-corrected chi connectivity index (χ1v) is 10.4. The van der Waals surface area contributed by atoms with E-state index in [1.54, 1.807) is 6.07 Å². The fourth-order valence-electron chi connectivity index (χ4n) is 3.02. The highest BCUT2D eigenvalue weighted by Gasteiger charge is 2.29. The average molecular weight is 385 g/mol. The zero-order chi connectivity index (χ0) is 20.8. The number of nitrogens with one attached hydrogen (secondary N) is 1. The number of nitrogens with zero attached hydrogens (tertiary/aromatic N) is 1. The quantitative estimate of drug-likeness (QED) is 0.309. The summed E-state index contributed by atoms with van der Waals surface area (Å²) in [6.07, 6.45) is 8.45. The van der Waals surface area contributed by atoms with E-state index in [1.807, 2.05) is 26.1 Å². The van der Waals surface area contributed by atoms with Crippen LogP contribution in [0.2, 0.25) is 0 Å². The summed E-state index contributed by atoms with van der Waals surface area (Å²) in [4.78, 5) is 15.3. The molecule has 4 heteroatoms. The van der Waals surface area contributed by atoms with Crippen molar-refractivity contribution in [2.24, 2.45) is 0 Å². The van der Waals surface area contributed by atoms with Gasteiger partial charge in [0.05, 0.1) is 0 Å². The lowest BCUT2D eigenvalue weighted by molar-refractivity contribution is -0.154. The van der Waals surface area contributed by atoms with Crippen LogP contribution >= 0.6 is 0 Å². The van der Waals surface area contributed by atoms with Crippen LogP contribution in [-0.4, -0.2) is 43.6 Å². The standard InChI is InChI=1S/C24H36N2O2/c1-6-10-15-21(14-7-2)23(26(5)19-18-25-9-4)24(27)28-22(8-3)20-16-12-11-13-17-20/h10-12,14-16,22-23,25H,6-9,18-19H2,1-5H3/b15-10-,21-14+. The van der Waals surface area contributed by atoms with E-state index in [4.69, 9.17) is 4.74 Å². The molecule has 1 aromatic carbocycles. The normalized spacial score (nSPS) is 14.1. The minimum atomic E-state index is -0.428. The molecule has 2 unspecified atom stereocenters. The van der Waals surface area contributed by atoms with Gasteiger partial charge in [-0.3, -0.25) is 4.90 Å². The van der Waals surface area contributed by atoms with Crippen molar-refractivity contribution in [1.29, 1.82) is 0 Å². The van der Waals surface area contributed by atoms with Crippen molar-refractivity contribution in [3.63, 3.8) is 0 Å². The molecule has 0 fully saturated rings. The predicted molar refractivity (Wildman–Crippen MR) is 116 cm³/mol. The second-order valence-corrected chi connectivity index (χ2v) is 6.74. The minimum absolute atomic E-state index is 0.219. The molecule has 28 heavy (non-hydrogen) atoms. The average Bonchev–Trinajstić information content (AvgIpc) is 2.71. The summed E-state index contributed by atoms with van der Waals surface area (Å²) in [5.41, 5.74) is 1.85. The highest BCUT2D eigenvalue weighted by Crippen LogP contribution is 2.23. The molecule has 2 atom stereocenters. The number of rotatable bonds is 13. The molecule has 0 aliphatic rings. The lowest BCUT2D eigenvalue weighted by Gasteiger charge is -2.29. The molecule has 0 spiro atoms. The SMILES string of the molecule is CC/C=C\C(=C/CC)C(C(=O)OC(CC)c1c#cccc1)N(C)CCNCC. The Morgan fingerprint density at radius 2 is 2.07 bits per heavy atom. The fourth-order valence-corrected chi connectivity index (χ4v) is 3.02. The summed E-state index contributed by atoms with van der Waals surface area (Å²) in [6.45, 7) is 10.8. The first-order valence-electron chi connectivity index (χ1n) is 10.4. The Bertz CT molecular complexity index is 610. The molecule has 0 heterocycles. The predicted octanol–water partition coefficient (Wildman–Crippen LogP) is 4.49. The zero-order valence-electron chi connectivity index (χ0n) is 18.1. The molecule has 0 saturated carbocycles. The van der Waals surface area contributed by atoms with Crippen LogP contribution in [0.15, 0.2) is 42.0 Å². The highest BCUT2D eigenvalue weighted by atomic mass is 16.5. The summed E-state index contributed by atoms with van der Waals surface area (Å²) in [6, 6.07) is 11.2. The molecule has 0 aliphatic carbocycles. The highest BCUT2D eigenvalue weighted by molar-refractivity contribution is 5.80. The first kappa shape index (κ1) is 23.9. The van der Waals surface area contributed by atoms with Gasteiger partial charge in [-0.1, -0.05) is 64.1 Å². The molecular formula is C24H36N2O2. The molecule has 0 amide bonds. The van der Waals surface area contributed by atoms with Crippen molar-refractivity contribution < 1.29 is 9.53 Å². The molecule has 154 valence electrons. The maximum Gasteiger partial charge on any atom is 0.328 e. The van der Waals surface area contributed by atoms with Gasteiger partial charge in [0.25, 0.3) is 0 Å². The molecular weight excluding hydrogens is 348 g/mol. The molecule has 0 aliphatic heterocycles. The Labute approximate surface area is 171 Å². The van der Waals surface area contributed by atoms with Crippen LogP contribution in [-0.2, 0) is 9.53 Å². The minimum Gasteiger partial charge on any atom is -0.455 e. The van der Waals surface area contributed by atoms with Crippen molar-refractivity contribution in [3.8, 4) is 0 Å². The summed E-state index contributed by atoms with van der Waals surface area (Å²) in [7, 11) is 1.98. The van der Waals surface area contributed by atoms with Gasteiger partial charge in [-0.05, 0) is 50.6 Å². The fraction of sp³-hybridized carbons (Fsp3) is 0.542. The Morgan fingerprint density at radius 1 is 1.29 bits per heavy atom. The van der Waals surface area contributed by atoms with Gasteiger partial charge in [0.1, 0.15) is 12.1 Å². The van der Waals surface area contributed by atoms with E-state index in [2.05, 4.69) is 61.3 Å². The van der Waals surface area contributed by atoms with Crippen molar-refractivity contribution in [2.75, 3.05) is 26.7 Å². The molecule has 1 rings (SSSR count). The Hall–Kier alpha value is -2.09. The largest absolute Gasteiger partial charge is 0.455 e. The molecule has 4 nitrogen and oxygen atoms in total. The van der Waals surface area contributed by atoms with Crippen molar-refractivity contribution >= 4 is 5.97 Å². The summed E-state index contributed by atoms with van der Waals surface area (Å²) in [5.74, 6) is -0.219. The number of allylic oxidation sites excluding steroid dienone is 2. The third-order valence-electron chi connectivity index (χ3n) is 4.50. The number of hydrogen-bond acceptors (Lipinski definition) is 4. The topological polar surface area (TPSA) is 41.6 Å². The van der Waals surface area contributed by atoms with Gasteiger partial charge in [0.15, 0.2) is 0 Å². The number of ether oxygens (including phenoxy) is 1. The summed E-state index contributed by atoms with van der Waals surface area (Å²) in [5, 5.41) is 3.32. The summed E-state index contributed by atoms with van der Waals surface area (Å²) < 4.78 is 5.96. The third kappa shape index (κ3) is 7.88. The number of hydrogen-bond donors (Lipinski definition) is 1. The van der Waals surface area contributed by atoms with Crippen molar-refractivity contribution in [2.45, 2.75) is 59.1 Å². The Kier molecular flexibility index (Phi) is 12.0. The zero-order valence-corrected chi connectivity index (χ0v) is 18.1. The number of carbonyl (C=O) groups excluding carboxylic acids is 1. The van der Waals surface area contributed by atoms with Crippen LogP contribution in [0.1, 0.15) is 58.6 Å². The maximum atomic E-state index is 13.3. The first-order chi connectivity index (χ1) is 13.6. The summed E-state index contributed by atoms with van der Waals surface area (Å²) >= 11 is 0. The van der Waals surface area contributed by atoms with Gasteiger partial charge in [0.2, 0.25) is 0 Å². The van der Waals surface area contributed by atoms with E-state index in [0.29, 0.717) is 6.42 Å². The van der Waals surface area contributed by atoms with E-state index in [-0.39, 0.29) is 12.1 Å².